The summed E-state index contributed by atoms with van der Waals surface area (Å²) in [6, 6.07) is 12.3. The quantitative estimate of drug-likeness (QED) is 0.553. The molecule has 1 aliphatic heterocycles. The van der Waals surface area contributed by atoms with Crippen LogP contribution in [0.5, 0.6) is 0 Å². The molecule has 1 aliphatic rings. The molecule has 29 heavy (non-hydrogen) atoms. The Balaban J connectivity index is 1.67. The number of aliphatic hydroxyl groups is 1. The Morgan fingerprint density at radius 2 is 1.93 bits per heavy atom. The molecule has 2 aromatic rings. The Morgan fingerprint density at radius 1 is 1.17 bits per heavy atom. The molecule has 4 nitrogen and oxygen atoms in total. The van der Waals surface area contributed by atoms with Gasteiger partial charge in [0.05, 0.1) is 27.4 Å². The van der Waals surface area contributed by atoms with Crippen LogP contribution >= 0.6 is 34.8 Å². The highest BCUT2D eigenvalue weighted by molar-refractivity contribution is 6.42. The molecule has 0 aromatic heterocycles. The Labute approximate surface area is 185 Å². The van der Waals surface area contributed by atoms with Gasteiger partial charge in [-0.3, -0.25) is 4.79 Å². The molecule has 3 rings (SSSR count). The number of hydrogen-bond donors (Lipinski definition) is 2. The summed E-state index contributed by atoms with van der Waals surface area (Å²) in [5.74, 6) is -0.424. The van der Waals surface area contributed by atoms with Crippen LogP contribution < -0.4 is 5.32 Å². The topological polar surface area (TPSA) is 52.6 Å². The minimum atomic E-state index is -0.448. The number of carbonyl (C=O) groups is 1. The van der Waals surface area contributed by atoms with E-state index in [-0.39, 0.29) is 17.2 Å². The molecule has 0 aliphatic carbocycles. The number of rotatable bonds is 6. The summed E-state index contributed by atoms with van der Waals surface area (Å²) in [6.07, 6.45) is 1.46. The summed E-state index contributed by atoms with van der Waals surface area (Å²) in [7, 11) is 1.79. The maximum atomic E-state index is 12.9. The molecule has 1 amide bonds. The van der Waals surface area contributed by atoms with Gasteiger partial charge in [0.25, 0.3) is 5.91 Å². The highest BCUT2D eigenvalue weighted by atomic mass is 35.5. The van der Waals surface area contributed by atoms with Gasteiger partial charge in [-0.2, -0.15) is 0 Å². The lowest BCUT2D eigenvalue weighted by molar-refractivity contribution is -0.118. The van der Waals surface area contributed by atoms with Gasteiger partial charge in [0, 0.05) is 18.6 Å². The molecule has 7 heteroatoms. The highest BCUT2D eigenvalue weighted by Gasteiger charge is 2.38. The first-order chi connectivity index (χ1) is 13.8. The molecule has 2 N–H and O–H groups in total. The predicted octanol–water partition coefficient (Wildman–Crippen LogP) is 5.71. The Morgan fingerprint density at radius 3 is 2.62 bits per heavy atom. The fourth-order valence-electron chi connectivity index (χ4n) is 3.38. The number of aryl methyl sites for hydroxylation is 1. The lowest BCUT2D eigenvalue weighted by Crippen LogP contribution is -2.30. The number of aliphatic hydroxyl groups excluding tert-OH is 1. The first-order valence-electron chi connectivity index (χ1n) is 9.12. The van der Waals surface area contributed by atoms with E-state index in [0.717, 1.165) is 24.0 Å². The van der Waals surface area contributed by atoms with Crippen LogP contribution in [0.1, 0.15) is 23.6 Å². The fourth-order valence-corrected chi connectivity index (χ4v) is 3.90. The van der Waals surface area contributed by atoms with E-state index in [1.807, 2.05) is 24.3 Å². The van der Waals surface area contributed by atoms with Gasteiger partial charge in [-0.15, -0.1) is 0 Å². The highest BCUT2D eigenvalue weighted by Crippen LogP contribution is 2.40. The van der Waals surface area contributed by atoms with Crippen molar-refractivity contribution in [3.63, 3.8) is 0 Å². The number of hydrogen-bond acceptors (Lipinski definition) is 3. The minimum absolute atomic E-state index is 0.0977. The lowest BCUT2D eigenvalue weighted by atomic mass is 9.99. The molecule has 1 unspecified atom stereocenters. The summed E-state index contributed by atoms with van der Waals surface area (Å²) in [6.45, 7) is 4.33. The molecule has 0 bridgehead atoms. The van der Waals surface area contributed by atoms with Gasteiger partial charge < -0.3 is 15.3 Å². The Kier molecular flexibility index (Phi) is 6.78. The summed E-state index contributed by atoms with van der Waals surface area (Å²) in [5, 5.41) is 15.0. The van der Waals surface area contributed by atoms with Crippen molar-refractivity contribution in [2.75, 3.05) is 13.6 Å². The predicted molar refractivity (Wildman–Crippen MR) is 119 cm³/mol. The van der Waals surface area contributed by atoms with E-state index in [0.29, 0.717) is 27.3 Å². The summed E-state index contributed by atoms with van der Waals surface area (Å²) < 4.78 is 0. The first kappa shape index (κ1) is 21.6. The Hall–Kier alpha value is -2.14. The van der Waals surface area contributed by atoms with Crippen LogP contribution in [0.15, 0.2) is 66.1 Å². The largest absolute Gasteiger partial charge is 0.505 e. The second-order valence-corrected chi connectivity index (χ2v) is 8.14. The first-order valence-corrected chi connectivity index (χ1v) is 10.3. The normalized spacial score (nSPS) is 16.5. The van der Waals surface area contributed by atoms with Crippen molar-refractivity contribution in [2.45, 2.75) is 18.9 Å². The van der Waals surface area contributed by atoms with Gasteiger partial charge in [0.15, 0.2) is 0 Å². The molecule has 0 saturated heterocycles. The van der Waals surface area contributed by atoms with Gasteiger partial charge in [-0.25, -0.2) is 0 Å². The van der Waals surface area contributed by atoms with E-state index in [4.69, 9.17) is 34.8 Å². The second-order valence-electron chi connectivity index (χ2n) is 6.89. The molecule has 1 heterocycles. The molecule has 1 atom stereocenters. The molecule has 2 aromatic carbocycles. The van der Waals surface area contributed by atoms with Gasteiger partial charge in [0.2, 0.25) is 0 Å². The molecule has 152 valence electrons. The SMILES string of the molecule is C=C1C(O)=C(C(=O)NCCCc2ccc(Cl)c(Cl)c2)C(c2cccc(Cl)c2)N1C. The van der Waals surface area contributed by atoms with Crippen molar-refractivity contribution in [2.24, 2.45) is 0 Å². The average molecular weight is 452 g/mol. The van der Waals surface area contributed by atoms with Crippen LogP contribution in [-0.2, 0) is 11.2 Å². The molecular formula is C22H21Cl3N2O2. The average Bonchev–Trinajstić information content (AvgIpc) is 2.92. The maximum absolute atomic E-state index is 12.9. The zero-order chi connectivity index (χ0) is 21.1. The number of nitrogens with zero attached hydrogens (tertiary/aromatic N) is 1. The lowest BCUT2D eigenvalue weighted by Gasteiger charge is -2.25. The van der Waals surface area contributed by atoms with Gasteiger partial charge in [0.1, 0.15) is 5.76 Å². The van der Waals surface area contributed by atoms with E-state index in [1.165, 1.54) is 0 Å². The van der Waals surface area contributed by atoms with Crippen molar-refractivity contribution in [3.05, 3.63) is 92.3 Å². The molecule has 0 radical (unpaired) electrons. The molecular weight excluding hydrogens is 431 g/mol. The number of likely N-dealkylation sites (N-methyl/N-ethyl adjacent to an activating group) is 1. The maximum Gasteiger partial charge on any atom is 0.253 e. The van der Waals surface area contributed by atoms with E-state index < -0.39 is 6.04 Å². The monoisotopic (exact) mass is 450 g/mol. The summed E-state index contributed by atoms with van der Waals surface area (Å²) in [5.41, 5.74) is 2.53. The van der Waals surface area contributed by atoms with E-state index in [1.54, 1.807) is 30.1 Å². The van der Waals surface area contributed by atoms with Gasteiger partial charge in [-0.1, -0.05) is 59.6 Å². The van der Waals surface area contributed by atoms with Crippen LogP contribution in [0, 0.1) is 0 Å². The summed E-state index contributed by atoms with van der Waals surface area (Å²) in [4.78, 5) is 14.6. The van der Waals surface area contributed by atoms with Crippen molar-refractivity contribution in [3.8, 4) is 0 Å². The van der Waals surface area contributed by atoms with Crippen LogP contribution in [0.3, 0.4) is 0 Å². The third-order valence-electron chi connectivity index (χ3n) is 4.94. The summed E-state index contributed by atoms with van der Waals surface area (Å²) >= 11 is 18.1. The third kappa shape index (κ3) is 4.72. The fraction of sp³-hybridized carbons (Fsp3) is 0.227. The van der Waals surface area contributed by atoms with Crippen molar-refractivity contribution < 1.29 is 9.90 Å². The molecule has 0 saturated carbocycles. The minimum Gasteiger partial charge on any atom is -0.505 e. The number of nitrogens with one attached hydrogen (secondary N) is 1. The van der Waals surface area contributed by atoms with E-state index in [9.17, 15) is 9.90 Å². The smallest absolute Gasteiger partial charge is 0.253 e. The van der Waals surface area contributed by atoms with Crippen molar-refractivity contribution in [1.29, 1.82) is 0 Å². The number of halogens is 3. The molecule has 0 spiro atoms. The third-order valence-corrected chi connectivity index (χ3v) is 5.91. The van der Waals surface area contributed by atoms with Crippen LogP contribution in [0.25, 0.3) is 0 Å². The van der Waals surface area contributed by atoms with Gasteiger partial charge in [-0.05, 0) is 48.2 Å². The van der Waals surface area contributed by atoms with E-state index in [2.05, 4.69) is 11.9 Å². The van der Waals surface area contributed by atoms with E-state index >= 15 is 0 Å². The zero-order valence-corrected chi connectivity index (χ0v) is 18.2. The van der Waals surface area contributed by atoms with Crippen molar-refractivity contribution in [1.82, 2.24) is 10.2 Å². The van der Waals surface area contributed by atoms with Crippen molar-refractivity contribution >= 4 is 40.7 Å². The van der Waals surface area contributed by atoms with Crippen LogP contribution in [-0.4, -0.2) is 29.5 Å². The van der Waals surface area contributed by atoms with Crippen LogP contribution in [0.2, 0.25) is 15.1 Å². The standard InChI is InChI=1S/C22H21Cl3N2O2/c1-13-21(28)19(20(27(13)2)15-6-3-7-16(23)12-15)22(29)26-10-4-5-14-8-9-17(24)18(25)11-14/h3,6-9,11-12,20,28H,1,4-5,10H2,2H3,(H,26,29). The Bertz CT molecular complexity index is 988. The zero-order valence-electron chi connectivity index (χ0n) is 15.9. The van der Waals surface area contributed by atoms with Gasteiger partial charge >= 0.3 is 0 Å². The molecule has 0 fully saturated rings. The number of amides is 1. The second kappa shape index (κ2) is 9.12. The number of benzene rings is 2. The van der Waals surface area contributed by atoms with Crippen LogP contribution in [0.4, 0.5) is 0 Å². The number of carbonyl (C=O) groups excluding carboxylic acids is 1.